The Balaban J connectivity index is 1.49. The molecule has 1 heterocycles. The zero-order valence-electron chi connectivity index (χ0n) is 19.0. The van der Waals surface area contributed by atoms with Crippen LogP contribution in [0.15, 0.2) is 83.1 Å². The Morgan fingerprint density at radius 1 is 1.03 bits per heavy atom. The zero-order valence-corrected chi connectivity index (χ0v) is 20.7. The smallest absolute Gasteiger partial charge is 0.251 e. The molecule has 0 aliphatic rings. The summed E-state index contributed by atoms with van der Waals surface area (Å²) in [7, 11) is -0.960. The van der Waals surface area contributed by atoms with Crippen LogP contribution in [0, 0.1) is 0 Å². The lowest BCUT2D eigenvalue weighted by Crippen LogP contribution is -2.28. The number of hydrogen-bond acceptors (Lipinski definition) is 5. The van der Waals surface area contributed by atoms with Crippen LogP contribution in [-0.2, 0) is 23.0 Å². The van der Waals surface area contributed by atoms with Gasteiger partial charge >= 0.3 is 0 Å². The molecule has 0 spiro atoms. The predicted octanol–water partition coefficient (Wildman–Crippen LogP) is 4.70. The highest BCUT2D eigenvalue weighted by Crippen LogP contribution is 2.29. The van der Waals surface area contributed by atoms with Gasteiger partial charge in [0.2, 0.25) is 10.0 Å². The maximum absolute atomic E-state index is 13.3. The number of hydrogen-bond donors (Lipinski definition) is 1. The van der Waals surface area contributed by atoms with Gasteiger partial charge in [-0.2, -0.15) is 4.31 Å². The third-order valence-electron chi connectivity index (χ3n) is 5.60. The van der Waals surface area contributed by atoms with Crippen molar-refractivity contribution in [3.05, 3.63) is 94.9 Å². The van der Waals surface area contributed by atoms with Crippen LogP contribution in [0.3, 0.4) is 0 Å². The van der Waals surface area contributed by atoms with E-state index in [9.17, 15) is 13.2 Å². The van der Waals surface area contributed by atoms with E-state index in [0.29, 0.717) is 13.0 Å². The molecule has 0 saturated carbocycles. The largest absolute Gasteiger partial charge is 0.495 e. The van der Waals surface area contributed by atoms with E-state index in [1.54, 1.807) is 17.4 Å². The topological polar surface area (TPSA) is 75.7 Å². The predicted molar refractivity (Wildman–Crippen MR) is 136 cm³/mol. The molecule has 4 rings (SSSR count). The summed E-state index contributed by atoms with van der Waals surface area (Å²) in [5, 5.41) is 6.21. The second-order valence-electron chi connectivity index (χ2n) is 7.88. The number of ether oxygens (including phenoxy) is 1. The van der Waals surface area contributed by atoms with Gasteiger partial charge in [-0.1, -0.05) is 48.5 Å². The monoisotopic (exact) mass is 494 g/mol. The first-order valence-corrected chi connectivity index (χ1v) is 13.1. The zero-order chi connectivity index (χ0) is 24.1. The summed E-state index contributed by atoms with van der Waals surface area (Å²) in [6, 6.07) is 22.0. The SMILES string of the molecule is COc1ccc(C(=O)NCCc2csc3ccccc23)cc1S(=O)(=O)N(C)Cc1ccccc1. The van der Waals surface area contributed by atoms with Gasteiger partial charge in [0, 0.05) is 30.4 Å². The highest BCUT2D eigenvalue weighted by Gasteiger charge is 2.26. The van der Waals surface area contributed by atoms with Crippen LogP contribution in [0.4, 0.5) is 0 Å². The summed E-state index contributed by atoms with van der Waals surface area (Å²) in [5.74, 6) is -0.134. The number of benzene rings is 3. The fraction of sp³-hybridized carbons (Fsp3) is 0.192. The first-order valence-electron chi connectivity index (χ1n) is 10.8. The molecular weight excluding hydrogens is 468 g/mol. The van der Waals surface area contributed by atoms with E-state index in [1.165, 1.54) is 46.2 Å². The van der Waals surface area contributed by atoms with Gasteiger partial charge in [0.25, 0.3) is 5.91 Å². The first-order chi connectivity index (χ1) is 16.4. The molecule has 0 atom stereocenters. The van der Waals surface area contributed by atoms with E-state index in [2.05, 4.69) is 22.8 Å². The Hall–Kier alpha value is -3.20. The van der Waals surface area contributed by atoms with Gasteiger partial charge in [0.1, 0.15) is 10.6 Å². The minimum absolute atomic E-state index is 0.0371. The second kappa shape index (κ2) is 10.4. The van der Waals surface area contributed by atoms with Gasteiger partial charge in [-0.15, -0.1) is 11.3 Å². The average Bonchev–Trinajstić information content (AvgIpc) is 3.27. The third-order valence-corrected chi connectivity index (χ3v) is 8.44. The van der Waals surface area contributed by atoms with Gasteiger partial charge < -0.3 is 10.1 Å². The first kappa shape index (κ1) is 23.9. The summed E-state index contributed by atoms with van der Waals surface area (Å²) in [6.45, 7) is 0.652. The number of rotatable bonds is 9. The van der Waals surface area contributed by atoms with Crippen molar-refractivity contribution < 1.29 is 17.9 Å². The van der Waals surface area contributed by atoms with Crippen molar-refractivity contribution >= 4 is 37.4 Å². The van der Waals surface area contributed by atoms with Crippen LogP contribution in [-0.4, -0.2) is 39.3 Å². The fourth-order valence-corrected chi connectivity index (χ4v) is 6.09. The molecule has 0 fully saturated rings. The molecule has 1 aromatic heterocycles. The van der Waals surface area contributed by atoms with Crippen LogP contribution in [0.2, 0.25) is 0 Å². The van der Waals surface area contributed by atoms with E-state index in [-0.39, 0.29) is 28.7 Å². The molecule has 0 aliphatic heterocycles. The van der Waals surface area contributed by atoms with Gasteiger partial charge in [-0.25, -0.2) is 8.42 Å². The lowest BCUT2D eigenvalue weighted by molar-refractivity contribution is 0.0954. The molecule has 1 amide bonds. The van der Waals surface area contributed by atoms with Crippen LogP contribution in [0.1, 0.15) is 21.5 Å². The highest BCUT2D eigenvalue weighted by molar-refractivity contribution is 7.89. The molecule has 4 aromatic rings. The molecule has 0 bridgehead atoms. The lowest BCUT2D eigenvalue weighted by Gasteiger charge is -2.19. The molecule has 3 aromatic carbocycles. The van der Waals surface area contributed by atoms with Gasteiger partial charge in [-0.3, -0.25) is 4.79 Å². The molecule has 34 heavy (non-hydrogen) atoms. The third kappa shape index (κ3) is 5.14. The molecule has 1 N–H and O–H groups in total. The van der Waals surface area contributed by atoms with Gasteiger partial charge in [0.05, 0.1) is 7.11 Å². The number of nitrogens with one attached hydrogen (secondary N) is 1. The molecule has 0 aliphatic carbocycles. The highest BCUT2D eigenvalue weighted by atomic mass is 32.2. The molecule has 6 nitrogen and oxygen atoms in total. The quantitative estimate of drug-likeness (QED) is 0.366. The maximum Gasteiger partial charge on any atom is 0.251 e. The molecule has 8 heteroatoms. The fourth-order valence-electron chi connectivity index (χ4n) is 3.75. The summed E-state index contributed by atoms with van der Waals surface area (Å²) < 4.78 is 34.4. The van der Waals surface area contributed by atoms with Crippen molar-refractivity contribution in [1.82, 2.24) is 9.62 Å². The van der Waals surface area contributed by atoms with Crippen molar-refractivity contribution in [2.75, 3.05) is 20.7 Å². The summed E-state index contributed by atoms with van der Waals surface area (Å²) in [6.07, 6.45) is 0.691. The van der Waals surface area contributed by atoms with Crippen LogP contribution >= 0.6 is 11.3 Å². The van der Waals surface area contributed by atoms with Crippen LogP contribution < -0.4 is 10.1 Å². The molecule has 0 saturated heterocycles. The molecule has 176 valence electrons. The number of amides is 1. The number of carbonyl (C=O) groups is 1. The summed E-state index contributed by atoms with van der Waals surface area (Å²) >= 11 is 1.68. The lowest BCUT2D eigenvalue weighted by atomic mass is 10.1. The standard InChI is InChI=1S/C26H26N2O4S2/c1-28(17-19-8-4-3-5-9-19)34(30,31)25-16-20(12-13-23(25)32-2)26(29)27-15-14-21-18-33-24-11-7-6-10-22(21)24/h3-13,16,18H,14-15,17H2,1-2H3,(H,27,29). The summed E-state index contributed by atoms with van der Waals surface area (Å²) in [4.78, 5) is 12.8. The normalized spacial score (nSPS) is 11.6. The Bertz CT molecular complexity index is 1400. The summed E-state index contributed by atoms with van der Waals surface area (Å²) in [5.41, 5.74) is 2.31. The Labute approximate surface area is 203 Å². The van der Waals surface area contributed by atoms with Crippen molar-refractivity contribution in [3.8, 4) is 5.75 Å². The average molecular weight is 495 g/mol. The molecular formula is C26H26N2O4S2. The van der Waals surface area contributed by atoms with E-state index in [1.807, 2.05) is 42.5 Å². The van der Waals surface area contributed by atoms with Gasteiger partial charge in [-0.05, 0) is 52.6 Å². The maximum atomic E-state index is 13.3. The molecule has 0 radical (unpaired) electrons. The van der Waals surface area contributed by atoms with E-state index < -0.39 is 10.0 Å². The Morgan fingerprint density at radius 2 is 1.76 bits per heavy atom. The van der Waals surface area contributed by atoms with Crippen molar-refractivity contribution in [1.29, 1.82) is 0 Å². The van der Waals surface area contributed by atoms with Crippen molar-refractivity contribution in [2.24, 2.45) is 0 Å². The van der Waals surface area contributed by atoms with E-state index >= 15 is 0 Å². The Kier molecular flexibility index (Phi) is 7.31. The number of carbonyl (C=O) groups excluding carboxylic acids is 1. The van der Waals surface area contributed by atoms with E-state index in [4.69, 9.17) is 4.74 Å². The van der Waals surface area contributed by atoms with Crippen LogP contribution in [0.25, 0.3) is 10.1 Å². The van der Waals surface area contributed by atoms with Crippen molar-refractivity contribution in [2.45, 2.75) is 17.9 Å². The molecule has 0 unspecified atom stereocenters. The number of thiophene rings is 1. The van der Waals surface area contributed by atoms with Crippen molar-refractivity contribution in [3.63, 3.8) is 0 Å². The minimum atomic E-state index is -3.89. The second-order valence-corrected chi connectivity index (χ2v) is 10.8. The van der Waals surface area contributed by atoms with Gasteiger partial charge in [0.15, 0.2) is 0 Å². The number of fused-ring (bicyclic) bond motifs is 1. The minimum Gasteiger partial charge on any atom is -0.495 e. The van der Waals surface area contributed by atoms with Crippen LogP contribution in [0.5, 0.6) is 5.75 Å². The Morgan fingerprint density at radius 3 is 2.53 bits per heavy atom. The number of sulfonamides is 1. The number of methoxy groups -OCH3 is 1. The van der Waals surface area contributed by atoms with E-state index in [0.717, 1.165) is 5.56 Å². The number of nitrogens with zero attached hydrogens (tertiary/aromatic N) is 1.